The largest absolute Gasteiger partial charge is 0.312 e. The molecule has 1 aromatic rings. The van der Waals surface area contributed by atoms with Crippen molar-refractivity contribution in [1.29, 1.82) is 0 Å². The molecule has 0 fully saturated rings. The zero-order valence-electron chi connectivity index (χ0n) is 11.9. The fraction of sp³-hybridized carbons (Fsp3) is 0.533. The molecule has 0 aromatic heterocycles. The predicted octanol–water partition coefficient (Wildman–Crippen LogP) is 3.64. The van der Waals surface area contributed by atoms with Crippen LogP contribution in [0.25, 0.3) is 0 Å². The first kappa shape index (κ1) is 14.7. The molecule has 1 atom stereocenters. The van der Waals surface area contributed by atoms with Crippen LogP contribution >= 0.6 is 0 Å². The summed E-state index contributed by atoms with van der Waals surface area (Å²) in [5, 5.41) is 0. The summed E-state index contributed by atoms with van der Waals surface area (Å²) in [7, 11) is 0. The van der Waals surface area contributed by atoms with Gasteiger partial charge in [-0.2, -0.15) is 0 Å². The molecule has 0 aliphatic heterocycles. The quantitative estimate of drug-likeness (QED) is 0.369. The summed E-state index contributed by atoms with van der Waals surface area (Å²) in [5.74, 6) is 6.96. The lowest BCUT2D eigenvalue weighted by atomic mass is 9.84. The third kappa shape index (κ3) is 5.82. The molecule has 0 heterocycles. The first-order valence-corrected chi connectivity index (χ1v) is 6.50. The van der Waals surface area contributed by atoms with Crippen molar-refractivity contribution in [3.63, 3.8) is 0 Å². The van der Waals surface area contributed by atoms with Crippen molar-refractivity contribution in [3.05, 3.63) is 30.3 Å². The van der Waals surface area contributed by atoms with Crippen LogP contribution in [-0.4, -0.2) is 5.84 Å². The molecule has 3 N–H and O–H groups in total. The molecule has 0 radical (unpaired) electrons. The van der Waals surface area contributed by atoms with Crippen LogP contribution in [0, 0.1) is 11.3 Å². The lowest BCUT2D eigenvalue weighted by Gasteiger charge is -2.23. The maximum atomic E-state index is 5.55. The van der Waals surface area contributed by atoms with Crippen LogP contribution in [-0.2, 0) is 0 Å². The van der Waals surface area contributed by atoms with E-state index in [0.29, 0.717) is 11.3 Å². The average molecular weight is 247 g/mol. The Bertz CT molecular complexity index is 376. The number of benzene rings is 1. The van der Waals surface area contributed by atoms with E-state index in [1.807, 2.05) is 30.3 Å². The number of amidine groups is 1. The van der Waals surface area contributed by atoms with Crippen LogP contribution in [0.5, 0.6) is 0 Å². The number of hydrogen-bond donors (Lipinski definition) is 2. The van der Waals surface area contributed by atoms with Gasteiger partial charge in [0, 0.05) is 6.42 Å². The van der Waals surface area contributed by atoms with Crippen LogP contribution in [0.1, 0.15) is 40.5 Å². The molecule has 100 valence electrons. The fourth-order valence-electron chi connectivity index (χ4n) is 2.24. The van der Waals surface area contributed by atoms with Gasteiger partial charge in [0.1, 0.15) is 5.84 Å². The molecular weight excluding hydrogens is 222 g/mol. The van der Waals surface area contributed by atoms with Gasteiger partial charge in [-0.25, -0.2) is 10.8 Å². The van der Waals surface area contributed by atoms with Crippen LogP contribution < -0.4 is 11.3 Å². The van der Waals surface area contributed by atoms with Gasteiger partial charge >= 0.3 is 0 Å². The van der Waals surface area contributed by atoms with E-state index >= 15 is 0 Å². The summed E-state index contributed by atoms with van der Waals surface area (Å²) in [6.07, 6.45) is 2.03. The molecule has 0 saturated carbocycles. The Kier molecular flexibility index (Phi) is 5.35. The van der Waals surface area contributed by atoms with Crippen LogP contribution in [0.15, 0.2) is 35.3 Å². The Balaban J connectivity index is 2.65. The molecule has 0 amide bonds. The summed E-state index contributed by atoms with van der Waals surface area (Å²) in [6, 6.07) is 9.89. The van der Waals surface area contributed by atoms with E-state index in [9.17, 15) is 0 Å². The first-order valence-electron chi connectivity index (χ1n) is 6.50. The minimum Gasteiger partial charge on any atom is -0.312 e. The van der Waals surface area contributed by atoms with Gasteiger partial charge in [0.15, 0.2) is 0 Å². The third-order valence-electron chi connectivity index (χ3n) is 2.69. The Morgan fingerprint density at radius 1 is 1.28 bits per heavy atom. The first-order chi connectivity index (χ1) is 8.40. The highest BCUT2D eigenvalue weighted by molar-refractivity contribution is 5.84. The van der Waals surface area contributed by atoms with Crippen molar-refractivity contribution in [2.24, 2.45) is 22.2 Å². The Labute approximate surface area is 110 Å². The van der Waals surface area contributed by atoms with Gasteiger partial charge in [-0.05, 0) is 29.9 Å². The lowest BCUT2D eigenvalue weighted by molar-refractivity contribution is 0.311. The van der Waals surface area contributed by atoms with Crippen LogP contribution in [0.3, 0.4) is 0 Å². The topological polar surface area (TPSA) is 50.4 Å². The second kappa shape index (κ2) is 6.55. The minimum absolute atomic E-state index is 0.339. The Morgan fingerprint density at radius 3 is 2.39 bits per heavy atom. The maximum absolute atomic E-state index is 5.55. The van der Waals surface area contributed by atoms with E-state index in [1.54, 1.807) is 0 Å². The van der Waals surface area contributed by atoms with E-state index in [2.05, 4.69) is 38.1 Å². The van der Waals surface area contributed by atoms with E-state index in [-0.39, 0.29) is 0 Å². The van der Waals surface area contributed by atoms with Gasteiger partial charge in [-0.3, -0.25) is 0 Å². The standard InChI is InChI=1S/C15H25N3/c1-12(11-15(2,3)4)10-14(18-16)17-13-8-6-5-7-9-13/h5-9,12H,10-11,16H2,1-4H3,(H,17,18). The number of nitrogens with two attached hydrogens (primary N) is 1. The molecule has 0 aliphatic carbocycles. The lowest BCUT2D eigenvalue weighted by Crippen LogP contribution is -2.32. The summed E-state index contributed by atoms with van der Waals surface area (Å²) < 4.78 is 0. The maximum Gasteiger partial charge on any atom is 0.116 e. The molecule has 3 heteroatoms. The van der Waals surface area contributed by atoms with E-state index in [1.165, 1.54) is 0 Å². The zero-order chi connectivity index (χ0) is 13.6. The normalized spacial score (nSPS) is 14.4. The van der Waals surface area contributed by atoms with Crippen LogP contribution in [0.2, 0.25) is 0 Å². The minimum atomic E-state index is 0.339. The molecular formula is C15H25N3. The van der Waals surface area contributed by atoms with Gasteiger partial charge in [0.2, 0.25) is 0 Å². The zero-order valence-corrected chi connectivity index (χ0v) is 11.9. The van der Waals surface area contributed by atoms with Gasteiger partial charge in [0.05, 0.1) is 5.69 Å². The Morgan fingerprint density at radius 2 is 1.89 bits per heavy atom. The van der Waals surface area contributed by atoms with Gasteiger partial charge in [-0.1, -0.05) is 45.9 Å². The van der Waals surface area contributed by atoms with Crippen molar-refractivity contribution >= 4 is 11.5 Å². The van der Waals surface area contributed by atoms with Crippen molar-refractivity contribution < 1.29 is 0 Å². The summed E-state index contributed by atoms with van der Waals surface area (Å²) in [6.45, 7) is 9.01. The molecule has 0 spiro atoms. The molecule has 0 bridgehead atoms. The van der Waals surface area contributed by atoms with Gasteiger partial charge < -0.3 is 5.43 Å². The molecule has 3 nitrogen and oxygen atoms in total. The van der Waals surface area contributed by atoms with Crippen molar-refractivity contribution in [3.8, 4) is 0 Å². The second-order valence-corrected chi connectivity index (χ2v) is 6.11. The molecule has 1 aromatic carbocycles. The molecule has 0 saturated heterocycles. The fourth-order valence-corrected chi connectivity index (χ4v) is 2.24. The molecule has 18 heavy (non-hydrogen) atoms. The highest BCUT2D eigenvalue weighted by atomic mass is 15.2. The van der Waals surface area contributed by atoms with E-state index < -0.39 is 0 Å². The number of hydrazine groups is 1. The average Bonchev–Trinajstić information content (AvgIpc) is 2.27. The third-order valence-corrected chi connectivity index (χ3v) is 2.69. The van der Waals surface area contributed by atoms with E-state index in [0.717, 1.165) is 24.4 Å². The summed E-state index contributed by atoms with van der Waals surface area (Å²) in [5.41, 5.74) is 3.99. The van der Waals surface area contributed by atoms with Crippen LogP contribution in [0.4, 0.5) is 5.69 Å². The van der Waals surface area contributed by atoms with Crippen molar-refractivity contribution in [2.75, 3.05) is 0 Å². The summed E-state index contributed by atoms with van der Waals surface area (Å²) in [4.78, 5) is 4.53. The SMILES string of the molecule is CC(CC(=Nc1ccccc1)NN)CC(C)(C)C. The molecule has 1 rings (SSSR count). The number of hydrogen-bond acceptors (Lipinski definition) is 2. The highest BCUT2D eigenvalue weighted by Crippen LogP contribution is 2.26. The number of rotatable bonds is 4. The van der Waals surface area contributed by atoms with Crippen molar-refractivity contribution in [2.45, 2.75) is 40.5 Å². The highest BCUT2D eigenvalue weighted by Gasteiger charge is 2.16. The smallest absolute Gasteiger partial charge is 0.116 e. The number of nitrogens with zero attached hydrogens (tertiary/aromatic N) is 1. The monoisotopic (exact) mass is 247 g/mol. The van der Waals surface area contributed by atoms with E-state index in [4.69, 9.17) is 5.84 Å². The Hall–Kier alpha value is -1.35. The molecule has 1 unspecified atom stereocenters. The van der Waals surface area contributed by atoms with Crippen molar-refractivity contribution in [1.82, 2.24) is 5.43 Å². The number of aliphatic imine (C=N–C) groups is 1. The van der Waals surface area contributed by atoms with Gasteiger partial charge in [0.25, 0.3) is 0 Å². The molecule has 0 aliphatic rings. The predicted molar refractivity (Wildman–Crippen MR) is 78.7 cm³/mol. The summed E-state index contributed by atoms with van der Waals surface area (Å²) >= 11 is 0. The second-order valence-electron chi connectivity index (χ2n) is 6.11. The number of nitrogens with one attached hydrogen (secondary N) is 1. The number of para-hydroxylation sites is 1. The van der Waals surface area contributed by atoms with Gasteiger partial charge in [-0.15, -0.1) is 0 Å².